The molecule has 0 aliphatic heterocycles. The summed E-state index contributed by atoms with van der Waals surface area (Å²) >= 11 is 0. The molecule has 0 aromatic heterocycles. The van der Waals surface area contributed by atoms with Crippen LogP contribution in [0.3, 0.4) is 0 Å². The van der Waals surface area contributed by atoms with E-state index in [-0.39, 0.29) is 18.4 Å². The highest BCUT2D eigenvalue weighted by molar-refractivity contribution is 5.81. The first-order valence-electron chi connectivity index (χ1n) is 7.15. The number of hydrogen-bond acceptors (Lipinski definition) is 4. The zero-order valence-electron chi connectivity index (χ0n) is 13.6. The fourth-order valence-electron chi connectivity index (χ4n) is 1.58. The number of hydrogen-bond donors (Lipinski definition) is 2. The lowest BCUT2D eigenvalue weighted by atomic mass is 9.96. The van der Waals surface area contributed by atoms with Crippen molar-refractivity contribution in [1.29, 1.82) is 0 Å². The van der Waals surface area contributed by atoms with E-state index in [1.165, 1.54) is 0 Å². The lowest BCUT2D eigenvalue weighted by molar-refractivity contribution is -0.129. The summed E-state index contributed by atoms with van der Waals surface area (Å²) in [6.45, 7) is 6.14. The van der Waals surface area contributed by atoms with Crippen molar-refractivity contribution < 1.29 is 19.1 Å². The molecule has 0 aliphatic carbocycles. The third kappa shape index (κ3) is 6.03. The van der Waals surface area contributed by atoms with Crippen LogP contribution >= 0.6 is 0 Å². The van der Waals surface area contributed by atoms with Crippen LogP contribution in [0.5, 0.6) is 11.5 Å². The van der Waals surface area contributed by atoms with Crippen LogP contribution in [0.4, 0.5) is 0 Å². The molecule has 1 aromatic carbocycles. The Bertz CT molecular complexity index is 509. The average Bonchev–Trinajstić information content (AvgIpc) is 2.48. The predicted molar refractivity (Wildman–Crippen MR) is 84.0 cm³/mol. The molecule has 0 aliphatic rings. The van der Waals surface area contributed by atoms with Crippen molar-refractivity contribution in [3.63, 3.8) is 0 Å². The third-order valence-corrected chi connectivity index (χ3v) is 2.84. The molecule has 0 radical (unpaired) electrons. The number of nitrogens with one attached hydrogen (secondary N) is 2. The van der Waals surface area contributed by atoms with E-state index in [1.807, 2.05) is 26.8 Å². The van der Waals surface area contributed by atoms with Gasteiger partial charge < -0.3 is 20.1 Å². The minimum Gasteiger partial charge on any atom is -0.493 e. The largest absolute Gasteiger partial charge is 0.493 e. The smallest absolute Gasteiger partial charge is 0.258 e. The van der Waals surface area contributed by atoms with Crippen LogP contribution in [0.1, 0.15) is 20.8 Å². The Morgan fingerprint density at radius 2 is 1.64 bits per heavy atom. The molecule has 22 heavy (non-hydrogen) atoms. The summed E-state index contributed by atoms with van der Waals surface area (Å²) in [5.74, 6) is 0.789. The molecule has 0 unspecified atom stereocenters. The van der Waals surface area contributed by atoms with E-state index in [0.29, 0.717) is 24.6 Å². The van der Waals surface area contributed by atoms with Gasteiger partial charge in [0.1, 0.15) is 0 Å². The topological polar surface area (TPSA) is 76.7 Å². The Morgan fingerprint density at radius 1 is 1.05 bits per heavy atom. The van der Waals surface area contributed by atoms with Gasteiger partial charge in [0, 0.05) is 18.5 Å². The Balaban J connectivity index is 2.26. The number of benzene rings is 1. The summed E-state index contributed by atoms with van der Waals surface area (Å²) in [5.41, 5.74) is -0.434. The molecule has 0 saturated carbocycles. The Kier molecular flexibility index (Phi) is 6.69. The maximum Gasteiger partial charge on any atom is 0.258 e. The molecule has 2 amide bonds. The molecule has 1 rings (SSSR count). The van der Waals surface area contributed by atoms with Crippen molar-refractivity contribution in [3.8, 4) is 11.5 Å². The third-order valence-electron chi connectivity index (χ3n) is 2.84. The Labute approximate surface area is 131 Å². The highest BCUT2D eigenvalue weighted by Crippen LogP contribution is 2.25. The van der Waals surface area contributed by atoms with Crippen LogP contribution in [0.15, 0.2) is 24.3 Å². The van der Waals surface area contributed by atoms with Gasteiger partial charge in [-0.25, -0.2) is 0 Å². The minimum atomic E-state index is -0.434. The summed E-state index contributed by atoms with van der Waals surface area (Å²) in [5, 5.41) is 5.43. The first-order chi connectivity index (χ1) is 10.3. The second kappa shape index (κ2) is 8.26. The van der Waals surface area contributed by atoms with Gasteiger partial charge in [-0.15, -0.1) is 0 Å². The molecular weight excluding hydrogens is 284 g/mol. The first kappa shape index (κ1) is 17.8. The zero-order valence-corrected chi connectivity index (χ0v) is 13.6. The number of ether oxygens (including phenoxy) is 2. The van der Waals surface area contributed by atoms with Crippen LogP contribution in [-0.4, -0.2) is 38.6 Å². The summed E-state index contributed by atoms with van der Waals surface area (Å²) in [6.07, 6.45) is 0. The fourth-order valence-corrected chi connectivity index (χ4v) is 1.58. The van der Waals surface area contributed by atoms with E-state index in [0.717, 1.165) is 0 Å². The summed E-state index contributed by atoms with van der Waals surface area (Å²) in [7, 11) is 1.54. The van der Waals surface area contributed by atoms with Gasteiger partial charge in [0.2, 0.25) is 5.91 Å². The molecule has 0 fully saturated rings. The molecular formula is C16H24N2O4. The number of rotatable bonds is 7. The maximum atomic E-state index is 11.7. The molecule has 0 spiro atoms. The Hall–Kier alpha value is -2.24. The van der Waals surface area contributed by atoms with Gasteiger partial charge >= 0.3 is 0 Å². The highest BCUT2D eigenvalue weighted by Gasteiger charge is 2.20. The van der Waals surface area contributed by atoms with Crippen molar-refractivity contribution in [1.82, 2.24) is 10.6 Å². The second-order valence-electron chi connectivity index (χ2n) is 5.80. The van der Waals surface area contributed by atoms with Crippen LogP contribution in [0, 0.1) is 5.41 Å². The number of carbonyl (C=O) groups excluding carboxylic acids is 2. The lowest BCUT2D eigenvalue weighted by Crippen LogP contribution is -2.40. The van der Waals surface area contributed by atoms with Crippen LogP contribution in [-0.2, 0) is 9.59 Å². The van der Waals surface area contributed by atoms with Crippen molar-refractivity contribution in [2.75, 3.05) is 26.8 Å². The summed E-state index contributed by atoms with van der Waals surface area (Å²) in [4.78, 5) is 23.3. The molecule has 0 saturated heterocycles. The van der Waals surface area contributed by atoms with Gasteiger partial charge in [-0.3, -0.25) is 9.59 Å². The second-order valence-corrected chi connectivity index (χ2v) is 5.80. The Morgan fingerprint density at radius 3 is 2.23 bits per heavy atom. The quantitative estimate of drug-likeness (QED) is 0.746. The van der Waals surface area contributed by atoms with Gasteiger partial charge in [0.25, 0.3) is 5.91 Å². The average molecular weight is 308 g/mol. The normalized spacial score (nSPS) is 10.7. The monoisotopic (exact) mass is 308 g/mol. The fraction of sp³-hybridized carbons (Fsp3) is 0.500. The summed E-state index contributed by atoms with van der Waals surface area (Å²) < 4.78 is 10.5. The van der Waals surface area contributed by atoms with Gasteiger partial charge in [0.15, 0.2) is 18.1 Å². The predicted octanol–water partition coefficient (Wildman–Crippen LogP) is 1.35. The lowest BCUT2D eigenvalue weighted by Gasteiger charge is -2.17. The van der Waals surface area contributed by atoms with E-state index in [2.05, 4.69) is 10.6 Å². The van der Waals surface area contributed by atoms with Crippen molar-refractivity contribution in [2.45, 2.75) is 20.8 Å². The van der Waals surface area contributed by atoms with Crippen LogP contribution < -0.4 is 20.1 Å². The molecule has 0 bridgehead atoms. The van der Waals surface area contributed by atoms with Gasteiger partial charge in [-0.05, 0) is 12.1 Å². The van der Waals surface area contributed by atoms with Crippen molar-refractivity contribution >= 4 is 11.8 Å². The minimum absolute atomic E-state index is 0.0491. The van der Waals surface area contributed by atoms with E-state index in [4.69, 9.17) is 9.47 Å². The van der Waals surface area contributed by atoms with Gasteiger partial charge in [0.05, 0.1) is 7.11 Å². The molecule has 2 N–H and O–H groups in total. The maximum absolute atomic E-state index is 11.7. The molecule has 1 aromatic rings. The number of carbonyl (C=O) groups is 2. The van der Waals surface area contributed by atoms with Crippen molar-refractivity contribution in [2.24, 2.45) is 5.41 Å². The number of methoxy groups -OCH3 is 1. The standard InChI is InChI=1S/C16H24N2O4/c1-16(2,3)15(20)18-10-9-17-14(19)11-22-13-8-6-5-7-12(13)21-4/h5-8H,9-11H2,1-4H3,(H,17,19)(H,18,20). The van der Waals surface area contributed by atoms with E-state index >= 15 is 0 Å². The molecule has 0 atom stereocenters. The van der Waals surface area contributed by atoms with Crippen LogP contribution in [0.25, 0.3) is 0 Å². The zero-order chi connectivity index (χ0) is 16.6. The van der Waals surface area contributed by atoms with Crippen LogP contribution in [0.2, 0.25) is 0 Å². The number of amides is 2. The molecule has 6 heteroatoms. The molecule has 0 heterocycles. The summed E-state index contributed by atoms with van der Waals surface area (Å²) in [6, 6.07) is 7.12. The van der Waals surface area contributed by atoms with Crippen molar-refractivity contribution in [3.05, 3.63) is 24.3 Å². The SMILES string of the molecule is COc1ccccc1OCC(=O)NCCNC(=O)C(C)(C)C. The molecule has 6 nitrogen and oxygen atoms in total. The van der Waals surface area contributed by atoms with Gasteiger partial charge in [-0.1, -0.05) is 32.9 Å². The van der Waals surface area contributed by atoms with Gasteiger partial charge in [-0.2, -0.15) is 0 Å². The number of para-hydroxylation sites is 2. The van der Waals surface area contributed by atoms with E-state index in [1.54, 1.807) is 25.3 Å². The highest BCUT2D eigenvalue weighted by atomic mass is 16.5. The van der Waals surface area contributed by atoms with E-state index in [9.17, 15) is 9.59 Å². The molecule has 122 valence electrons. The first-order valence-corrected chi connectivity index (χ1v) is 7.15. The van der Waals surface area contributed by atoms with E-state index < -0.39 is 5.41 Å².